The second-order valence-corrected chi connectivity index (χ2v) is 5.83. The van der Waals surface area contributed by atoms with Crippen molar-refractivity contribution >= 4 is 41.5 Å². The standard InChI is InChI=1S/C17H29ClN4O.HI/c1-4-19-17(20-10-5-11-22(2)12-13-23-3)21-14-15-6-8-16(18)9-7-15;/h6-9H,4-5,10-14H2,1-3H3,(H2,19,20,21);1H. The highest BCUT2D eigenvalue weighted by molar-refractivity contribution is 14.0. The predicted octanol–water partition coefficient (Wildman–Crippen LogP) is 2.98. The third-order valence-corrected chi connectivity index (χ3v) is 3.62. The van der Waals surface area contributed by atoms with Gasteiger partial charge in [0.25, 0.3) is 0 Å². The first-order chi connectivity index (χ1) is 11.2. The number of nitrogens with zero attached hydrogens (tertiary/aromatic N) is 2. The van der Waals surface area contributed by atoms with E-state index in [1.807, 2.05) is 24.3 Å². The first-order valence-electron chi connectivity index (χ1n) is 8.09. The Kier molecular flexibility index (Phi) is 14.4. The van der Waals surface area contributed by atoms with Gasteiger partial charge in [-0.2, -0.15) is 0 Å². The fourth-order valence-electron chi connectivity index (χ4n) is 2.02. The smallest absolute Gasteiger partial charge is 0.191 e. The first kappa shape index (κ1) is 23.4. The summed E-state index contributed by atoms with van der Waals surface area (Å²) >= 11 is 5.89. The van der Waals surface area contributed by atoms with E-state index in [-0.39, 0.29) is 24.0 Å². The van der Waals surface area contributed by atoms with Crippen molar-refractivity contribution in [1.82, 2.24) is 15.5 Å². The Morgan fingerprint density at radius 1 is 1.21 bits per heavy atom. The van der Waals surface area contributed by atoms with Crippen LogP contribution in [0.25, 0.3) is 0 Å². The van der Waals surface area contributed by atoms with Crippen molar-refractivity contribution in [2.75, 3.05) is 46.9 Å². The van der Waals surface area contributed by atoms with Crippen molar-refractivity contribution in [2.45, 2.75) is 19.9 Å². The Morgan fingerprint density at radius 3 is 2.54 bits per heavy atom. The van der Waals surface area contributed by atoms with Gasteiger partial charge in [0.2, 0.25) is 0 Å². The molecule has 1 aromatic carbocycles. The molecule has 0 saturated heterocycles. The van der Waals surface area contributed by atoms with Crippen molar-refractivity contribution in [2.24, 2.45) is 4.99 Å². The number of methoxy groups -OCH3 is 1. The zero-order valence-electron chi connectivity index (χ0n) is 14.8. The van der Waals surface area contributed by atoms with Crippen LogP contribution < -0.4 is 10.6 Å². The number of hydrogen-bond acceptors (Lipinski definition) is 3. The summed E-state index contributed by atoms with van der Waals surface area (Å²) in [6.07, 6.45) is 1.06. The summed E-state index contributed by atoms with van der Waals surface area (Å²) in [5.41, 5.74) is 1.14. The molecule has 1 aromatic rings. The Bertz CT molecular complexity index is 456. The monoisotopic (exact) mass is 468 g/mol. The molecule has 0 aliphatic rings. The van der Waals surface area contributed by atoms with Gasteiger partial charge in [-0.25, -0.2) is 4.99 Å². The zero-order valence-corrected chi connectivity index (χ0v) is 17.9. The van der Waals surface area contributed by atoms with Crippen LogP contribution in [0.3, 0.4) is 0 Å². The van der Waals surface area contributed by atoms with Crippen LogP contribution >= 0.6 is 35.6 Å². The molecular formula is C17H30ClIN4O. The normalized spacial score (nSPS) is 11.3. The molecule has 0 atom stereocenters. The minimum Gasteiger partial charge on any atom is -0.383 e. The van der Waals surface area contributed by atoms with Crippen LogP contribution in [-0.4, -0.2) is 57.8 Å². The maximum atomic E-state index is 5.89. The maximum Gasteiger partial charge on any atom is 0.191 e. The largest absolute Gasteiger partial charge is 0.383 e. The number of ether oxygens (including phenoxy) is 1. The molecule has 0 heterocycles. The van der Waals surface area contributed by atoms with Crippen LogP contribution in [0, 0.1) is 0 Å². The Morgan fingerprint density at radius 2 is 1.92 bits per heavy atom. The third kappa shape index (κ3) is 11.1. The number of aliphatic imine (C=N–C) groups is 1. The van der Waals surface area contributed by atoms with Gasteiger partial charge in [0.15, 0.2) is 5.96 Å². The molecule has 0 aliphatic carbocycles. The van der Waals surface area contributed by atoms with Gasteiger partial charge in [0.05, 0.1) is 13.2 Å². The van der Waals surface area contributed by atoms with Gasteiger partial charge in [0.1, 0.15) is 0 Å². The molecular weight excluding hydrogens is 439 g/mol. The van der Waals surface area contributed by atoms with E-state index in [2.05, 4.69) is 34.5 Å². The highest BCUT2D eigenvalue weighted by Gasteiger charge is 2.00. The molecule has 0 amide bonds. The van der Waals surface area contributed by atoms with Gasteiger partial charge < -0.3 is 20.3 Å². The molecule has 0 fully saturated rings. The molecule has 5 nitrogen and oxygen atoms in total. The molecule has 0 radical (unpaired) electrons. The molecule has 0 unspecified atom stereocenters. The second-order valence-electron chi connectivity index (χ2n) is 5.40. The van der Waals surface area contributed by atoms with E-state index < -0.39 is 0 Å². The van der Waals surface area contributed by atoms with E-state index in [0.717, 1.165) is 55.8 Å². The number of nitrogens with one attached hydrogen (secondary N) is 2. The quantitative estimate of drug-likeness (QED) is 0.240. The molecule has 7 heteroatoms. The van der Waals surface area contributed by atoms with Crippen molar-refractivity contribution in [1.29, 1.82) is 0 Å². The molecule has 0 bridgehead atoms. The predicted molar refractivity (Wildman–Crippen MR) is 114 cm³/mol. The van der Waals surface area contributed by atoms with Gasteiger partial charge in [-0.3, -0.25) is 0 Å². The molecule has 0 aliphatic heterocycles. The number of hydrogen-bond donors (Lipinski definition) is 2. The van der Waals surface area contributed by atoms with E-state index in [1.165, 1.54) is 0 Å². The summed E-state index contributed by atoms with van der Waals surface area (Å²) in [6.45, 7) is 7.21. The number of guanidine groups is 1. The summed E-state index contributed by atoms with van der Waals surface area (Å²) < 4.78 is 5.08. The van der Waals surface area contributed by atoms with Crippen LogP contribution in [0.4, 0.5) is 0 Å². The van der Waals surface area contributed by atoms with Crippen LogP contribution in [0.5, 0.6) is 0 Å². The fraction of sp³-hybridized carbons (Fsp3) is 0.588. The topological polar surface area (TPSA) is 48.9 Å². The average Bonchev–Trinajstić information content (AvgIpc) is 2.56. The minimum absolute atomic E-state index is 0. The lowest BCUT2D eigenvalue weighted by Gasteiger charge is -2.17. The van der Waals surface area contributed by atoms with Crippen molar-refractivity contribution in [3.05, 3.63) is 34.9 Å². The van der Waals surface area contributed by atoms with Crippen LogP contribution in [0.2, 0.25) is 5.02 Å². The van der Waals surface area contributed by atoms with Gasteiger partial charge in [-0.15, -0.1) is 24.0 Å². The summed E-state index contributed by atoms with van der Waals surface area (Å²) in [6, 6.07) is 7.78. The average molecular weight is 469 g/mol. The van der Waals surface area contributed by atoms with E-state index >= 15 is 0 Å². The number of likely N-dealkylation sites (N-methyl/N-ethyl adjacent to an activating group) is 1. The Balaban J connectivity index is 0.00000529. The first-order valence-corrected chi connectivity index (χ1v) is 8.47. The SMILES string of the molecule is CCNC(=NCc1ccc(Cl)cc1)NCCCN(C)CCOC.I. The van der Waals surface area contributed by atoms with Crippen LogP contribution in [0.1, 0.15) is 18.9 Å². The second kappa shape index (κ2) is 14.7. The number of halogens is 2. The summed E-state index contributed by atoms with van der Waals surface area (Å²) in [5, 5.41) is 7.38. The molecule has 24 heavy (non-hydrogen) atoms. The number of benzene rings is 1. The van der Waals surface area contributed by atoms with Gasteiger partial charge in [-0.05, 0) is 44.6 Å². The van der Waals surface area contributed by atoms with Gasteiger partial charge >= 0.3 is 0 Å². The summed E-state index contributed by atoms with van der Waals surface area (Å²) in [4.78, 5) is 6.86. The molecule has 2 N–H and O–H groups in total. The molecule has 0 saturated carbocycles. The molecule has 0 aromatic heterocycles. The summed E-state index contributed by atoms with van der Waals surface area (Å²) in [5.74, 6) is 0.849. The van der Waals surface area contributed by atoms with E-state index in [0.29, 0.717) is 6.54 Å². The van der Waals surface area contributed by atoms with E-state index in [4.69, 9.17) is 16.3 Å². The Hall–Kier alpha value is -0.570. The lowest BCUT2D eigenvalue weighted by Crippen LogP contribution is -2.38. The van der Waals surface area contributed by atoms with Crippen molar-refractivity contribution < 1.29 is 4.74 Å². The minimum atomic E-state index is 0. The highest BCUT2D eigenvalue weighted by atomic mass is 127. The zero-order chi connectivity index (χ0) is 16.9. The van der Waals surface area contributed by atoms with E-state index in [1.54, 1.807) is 7.11 Å². The maximum absolute atomic E-state index is 5.89. The molecule has 0 spiro atoms. The molecule has 1 rings (SSSR count). The Labute approximate surface area is 168 Å². The highest BCUT2D eigenvalue weighted by Crippen LogP contribution is 2.10. The van der Waals surface area contributed by atoms with Crippen molar-refractivity contribution in [3.8, 4) is 0 Å². The van der Waals surface area contributed by atoms with Crippen LogP contribution in [-0.2, 0) is 11.3 Å². The number of rotatable bonds is 10. The van der Waals surface area contributed by atoms with Gasteiger partial charge in [-0.1, -0.05) is 23.7 Å². The lowest BCUT2D eigenvalue weighted by atomic mass is 10.2. The fourth-order valence-corrected chi connectivity index (χ4v) is 2.14. The lowest BCUT2D eigenvalue weighted by molar-refractivity contribution is 0.161. The van der Waals surface area contributed by atoms with Crippen molar-refractivity contribution in [3.63, 3.8) is 0 Å². The van der Waals surface area contributed by atoms with Gasteiger partial charge in [0, 0.05) is 31.8 Å². The van der Waals surface area contributed by atoms with E-state index in [9.17, 15) is 0 Å². The van der Waals surface area contributed by atoms with Crippen LogP contribution in [0.15, 0.2) is 29.3 Å². The molecule has 138 valence electrons. The third-order valence-electron chi connectivity index (χ3n) is 3.36. The summed E-state index contributed by atoms with van der Waals surface area (Å²) in [7, 11) is 3.84.